The molecule has 1 atom stereocenters. The first-order valence-electron chi connectivity index (χ1n) is 6.57. The summed E-state index contributed by atoms with van der Waals surface area (Å²) in [4.78, 5) is 12.2. The Hall–Kier alpha value is -1.75. The fraction of sp³-hybridized carbons (Fsp3) is 0.188. The van der Waals surface area contributed by atoms with E-state index in [2.05, 4.69) is 21.2 Å². The molecule has 2 aromatic carbocycles. The van der Waals surface area contributed by atoms with Crippen molar-refractivity contribution < 1.29 is 13.6 Å². The maximum Gasteiger partial charge on any atom is 0.228 e. The first-order valence-corrected chi connectivity index (χ1v) is 7.36. The molecule has 2 nitrogen and oxygen atoms in total. The van der Waals surface area contributed by atoms with Crippen LogP contribution >= 0.6 is 15.9 Å². The molecular weight excluding hydrogens is 340 g/mol. The second kappa shape index (κ2) is 5.56. The lowest BCUT2D eigenvalue weighted by atomic mass is 10.1. The number of carbonyl (C=O) groups is 1. The van der Waals surface area contributed by atoms with Gasteiger partial charge in [0.15, 0.2) is 0 Å². The van der Waals surface area contributed by atoms with Gasteiger partial charge in [-0.15, -0.1) is 0 Å². The van der Waals surface area contributed by atoms with Crippen LogP contribution in [-0.2, 0) is 17.6 Å². The number of benzene rings is 2. The van der Waals surface area contributed by atoms with E-state index in [1.807, 2.05) is 18.2 Å². The van der Waals surface area contributed by atoms with E-state index in [4.69, 9.17) is 0 Å². The SMILES string of the molecule is O=C(Nc1c(F)cccc1F)C1Cc2ccc(Br)cc2C1. The third-order valence-corrected chi connectivity index (χ3v) is 4.18. The molecule has 0 saturated carbocycles. The normalized spacial score (nSPS) is 16.6. The first-order chi connectivity index (χ1) is 10.0. The van der Waals surface area contributed by atoms with E-state index in [0.29, 0.717) is 12.8 Å². The van der Waals surface area contributed by atoms with Crippen molar-refractivity contribution in [3.8, 4) is 0 Å². The summed E-state index contributed by atoms with van der Waals surface area (Å²) in [5, 5.41) is 2.37. The molecular formula is C16H12BrF2NO. The minimum atomic E-state index is -0.762. The molecule has 0 heterocycles. The standard InChI is InChI=1S/C16H12BrF2NO/c17-12-5-4-9-6-11(7-10(9)8-12)16(21)20-15-13(18)2-1-3-14(15)19/h1-5,8,11H,6-7H2,(H,20,21). The van der Waals surface area contributed by atoms with Gasteiger partial charge in [-0.3, -0.25) is 4.79 Å². The zero-order valence-electron chi connectivity index (χ0n) is 11.0. The quantitative estimate of drug-likeness (QED) is 0.867. The van der Waals surface area contributed by atoms with Crippen molar-refractivity contribution in [2.45, 2.75) is 12.8 Å². The Bertz CT molecular complexity index is 697. The molecule has 0 saturated heterocycles. The van der Waals surface area contributed by atoms with Gasteiger partial charge in [0.25, 0.3) is 0 Å². The first kappa shape index (κ1) is 14.2. The zero-order chi connectivity index (χ0) is 15.0. The Morgan fingerprint density at radius 2 is 1.76 bits per heavy atom. The van der Waals surface area contributed by atoms with Crippen molar-refractivity contribution in [1.82, 2.24) is 0 Å². The van der Waals surface area contributed by atoms with Gasteiger partial charge in [0.1, 0.15) is 17.3 Å². The van der Waals surface area contributed by atoms with Gasteiger partial charge < -0.3 is 5.32 Å². The van der Waals surface area contributed by atoms with E-state index in [1.54, 1.807) is 0 Å². The van der Waals surface area contributed by atoms with Gasteiger partial charge in [0.2, 0.25) is 5.91 Å². The lowest BCUT2D eigenvalue weighted by Gasteiger charge is -2.11. The molecule has 0 spiro atoms. The Morgan fingerprint density at radius 3 is 2.48 bits per heavy atom. The Morgan fingerprint density at radius 1 is 1.10 bits per heavy atom. The highest BCUT2D eigenvalue weighted by atomic mass is 79.9. The largest absolute Gasteiger partial charge is 0.321 e. The number of halogens is 3. The predicted octanol–water partition coefficient (Wildman–Crippen LogP) is 4.08. The molecule has 5 heteroatoms. The summed E-state index contributed by atoms with van der Waals surface area (Å²) >= 11 is 3.39. The van der Waals surface area contributed by atoms with Crippen molar-refractivity contribution >= 4 is 27.5 Å². The second-order valence-corrected chi connectivity index (χ2v) is 6.02. The van der Waals surface area contributed by atoms with E-state index in [-0.39, 0.29) is 17.5 Å². The van der Waals surface area contributed by atoms with E-state index < -0.39 is 11.6 Å². The van der Waals surface area contributed by atoms with Crippen LogP contribution < -0.4 is 5.32 Å². The highest BCUT2D eigenvalue weighted by Crippen LogP contribution is 2.30. The van der Waals surface area contributed by atoms with Gasteiger partial charge in [0, 0.05) is 10.4 Å². The molecule has 1 aliphatic carbocycles. The van der Waals surface area contributed by atoms with Crippen LogP contribution in [0, 0.1) is 17.6 Å². The number of hydrogen-bond acceptors (Lipinski definition) is 1. The molecule has 0 radical (unpaired) electrons. The van der Waals surface area contributed by atoms with Crippen molar-refractivity contribution in [1.29, 1.82) is 0 Å². The second-order valence-electron chi connectivity index (χ2n) is 5.10. The predicted molar refractivity (Wildman–Crippen MR) is 80.0 cm³/mol. The highest BCUT2D eigenvalue weighted by molar-refractivity contribution is 9.10. The number of hydrogen-bond donors (Lipinski definition) is 1. The van der Waals surface area contributed by atoms with Crippen LogP contribution in [0.4, 0.5) is 14.5 Å². The van der Waals surface area contributed by atoms with E-state index in [1.165, 1.54) is 6.07 Å². The van der Waals surface area contributed by atoms with Crippen LogP contribution in [0.15, 0.2) is 40.9 Å². The van der Waals surface area contributed by atoms with Crippen LogP contribution in [0.2, 0.25) is 0 Å². The minimum absolute atomic E-state index is 0.298. The van der Waals surface area contributed by atoms with Gasteiger partial charge in [-0.1, -0.05) is 28.1 Å². The zero-order valence-corrected chi connectivity index (χ0v) is 12.6. The fourth-order valence-electron chi connectivity index (χ4n) is 2.61. The number of para-hydroxylation sites is 1. The lowest BCUT2D eigenvalue weighted by molar-refractivity contribution is -0.119. The fourth-order valence-corrected chi connectivity index (χ4v) is 3.02. The molecule has 3 rings (SSSR count). The molecule has 0 fully saturated rings. The lowest BCUT2D eigenvalue weighted by Crippen LogP contribution is -2.24. The number of nitrogens with one attached hydrogen (secondary N) is 1. The van der Waals surface area contributed by atoms with Gasteiger partial charge in [-0.25, -0.2) is 8.78 Å². The number of fused-ring (bicyclic) bond motifs is 1. The van der Waals surface area contributed by atoms with Crippen LogP contribution in [0.25, 0.3) is 0 Å². The third-order valence-electron chi connectivity index (χ3n) is 3.68. The van der Waals surface area contributed by atoms with Crippen LogP contribution in [0.5, 0.6) is 0 Å². The molecule has 2 aromatic rings. The molecule has 0 aliphatic heterocycles. The van der Waals surface area contributed by atoms with Gasteiger partial charge in [0.05, 0.1) is 0 Å². The molecule has 108 valence electrons. The maximum atomic E-state index is 13.6. The summed E-state index contributed by atoms with van der Waals surface area (Å²) in [5.41, 5.74) is 1.82. The molecule has 0 bridgehead atoms. The van der Waals surface area contributed by atoms with Gasteiger partial charge in [-0.05, 0) is 48.2 Å². The molecule has 1 aliphatic rings. The van der Waals surface area contributed by atoms with E-state index >= 15 is 0 Å². The smallest absolute Gasteiger partial charge is 0.228 e. The Balaban J connectivity index is 1.76. The average molecular weight is 352 g/mol. The minimum Gasteiger partial charge on any atom is -0.321 e. The topological polar surface area (TPSA) is 29.1 Å². The Kier molecular flexibility index (Phi) is 3.76. The summed E-state index contributed by atoms with van der Waals surface area (Å²) in [5.74, 6) is -2.18. The molecule has 1 unspecified atom stereocenters. The van der Waals surface area contributed by atoms with Crippen LogP contribution in [0.1, 0.15) is 11.1 Å². The molecule has 1 amide bonds. The van der Waals surface area contributed by atoms with Crippen molar-refractivity contribution in [3.63, 3.8) is 0 Å². The molecule has 0 aromatic heterocycles. The highest BCUT2D eigenvalue weighted by Gasteiger charge is 2.28. The summed E-state index contributed by atoms with van der Waals surface area (Å²) in [6, 6.07) is 9.39. The third kappa shape index (κ3) is 2.83. The summed E-state index contributed by atoms with van der Waals surface area (Å²) in [6.07, 6.45) is 1.17. The van der Waals surface area contributed by atoms with Crippen LogP contribution in [0.3, 0.4) is 0 Å². The van der Waals surface area contributed by atoms with Crippen molar-refractivity contribution in [2.75, 3.05) is 5.32 Å². The Labute approximate surface area is 129 Å². The summed E-state index contributed by atoms with van der Waals surface area (Å²) in [7, 11) is 0. The summed E-state index contributed by atoms with van der Waals surface area (Å²) in [6.45, 7) is 0. The monoisotopic (exact) mass is 351 g/mol. The average Bonchev–Trinajstić information content (AvgIpc) is 2.86. The van der Waals surface area contributed by atoms with Crippen molar-refractivity contribution in [2.24, 2.45) is 5.92 Å². The van der Waals surface area contributed by atoms with E-state index in [0.717, 1.165) is 27.7 Å². The maximum absolute atomic E-state index is 13.6. The van der Waals surface area contributed by atoms with E-state index in [9.17, 15) is 13.6 Å². The number of anilines is 1. The summed E-state index contributed by atoms with van der Waals surface area (Å²) < 4.78 is 28.1. The number of rotatable bonds is 2. The molecule has 21 heavy (non-hydrogen) atoms. The number of amides is 1. The van der Waals surface area contributed by atoms with Crippen LogP contribution in [-0.4, -0.2) is 5.91 Å². The molecule has 1 N–H and O–H groups in total. The van der Waals surface area contributed by atoms with Crippen molar-refractivity contribution in [3.05, 3.63) is 63.6 Å². The van der Waals surface area contributed by atoms with Gasteiger partial charge in [-0.2, -0.15) is 0 Å². The number of carbonyl (C=O) groups excluding carboxylic acids is 1. The van der Waals surface area contributed by atoms with Gasteiger partial charge >= 0.3 is 0 Å².